The molecule has 0 radical (unpaired) electrons. The molecule has 1 fully saturated rings. The van der Waals surface area contributed by atoms with E-state index < -0.39 is 0 Å². The summed E-state index contributed by atoms with van der Waals surface area (Å²) in [6.07, 6.45) is 3.68. The third-order valence-corrected chi connectivity index (χ3v) is 4.19. The van der Waals surface area contributed by atoms with Gasteiger partial charge in [-0.1, -0.05) is 55.5 Å². The lowest BCUT2D eigenvalue weighted by atomic mass is 9.99. The molecule has 2 unspecified atom stereocenters. The van der Waals surface area contributed by atoms with E-state index in [2.05, 4.69) is 66.8 Å². The molecule has 1 N–H and O–H groups in total. The molecule has 0 amide bonds. The van der Waals surface area contributed by atoms with E-state index in [1.165, 1.54) is 16.8 Å². The first kappa shape index (κ1) is 14.2. The van der Waals surface area contributed by atoms with Crippen molar-refractivity contribution in [1.82, 2.24) is 0 Å². The van der Waals surface area contributed by atoms with Crippen LogP contribution in [0.3, 0.4) is 0 Å². The number of anilines is 1. The summed E-state index contributed by atoms with van der Waals surface area (Å²) in [5, 5.41) is 3.73. The smallest absolute Gasteiger partial charge is 0.0592 e. The van der Waals surface area contributed by atoms with Crippen LogP contribution in [0.4, 0.5) is 5.69 Å². The second-order valence-corrected chi connectivity index (χ2v) is 5.68. The molecule has 0 aliphatic carbocycles. The summed E-state index contributed by atoms with van der Waals surface area (Å²) in [6.45, 7) is 3.06. The van der Waals surface area contributed by atoms with Crippen molar-refractivity contribution in [2.45, 2.75) is 38.3 Å². The van der Waals surface area contributed by atoms with Crippen LogP contribution in [0.5, 0.6) is 0 Å². The average molecular weight is 281 g/mol. The third-order valence-electron chi connectivity index (χ3n) is 4.19. The highest BCUT2D eigenvalue weighted by Gasteiger charge is 2.21. The zero-order chi connectivity index (χ0) is 14.5. The molecule has 3 rings (SSSR count). The number of hydrogen-bond donors (Lipinski definition) is 1. The molecular formula is C19H23NO. The first-order chi connectivity index (χ1) is 10.4. The number of rotatable bonds is 4. The van der Waals surface area contributed by atoms with E-state index in [0.717, 1.165) is 25.9 Å². The van der Waals surface area contributed by atoms with E-state index >= 15 is 0 Å². The summed E-state index contributed by atoms with van der Waals surface area (Å²) in [6, 6.07) is 19.7. The molecule has 2 atom stereocenters. The molecule has 1 aliphatic rings. The van der Waals surface area contributed by atoms with Crippen molar-refractivity contribution in [3.8, 4) is 11.1 Å². The van der Waals surface area contributed by atoms with E-state index in [1.54, 1.807) is 0 Å². The molecule has 2 heteroatoms. The van der Waals surface area contributed by atoms with Crippen LogP contribution in [0.2, 0.25) is 0 Å². The molecule has 2 nitrogen and oxygen atoms in total. The topological polar surface area (TPSA) is 21.3 Å². The van der Waals surface area contributed by atoms with Crippen molar-refractivity contribution in [1.29, 1.82) is 0 Å². The highest BCUT2D eigenvalue weighted by Crippen LogP contribution is 2.30. The Morgan fingerprint density at radius 1 is 1.05 bits per heavy atom. The maximum atomic E-state index is 5.77. The maximum absolute atomic E-state index is 5.77. The quantitative estimate of drug-likeness (QED) is 0.875. The molecule has 0 aromatic heterocycles. The molecule has 21 heavy (non-hydrogen) atoms. The summed E-state index contributed by atoms with van der Waals surface area (Å²) < 4.78 is 5.77. The molecule has 1 aliphatic heterocycles. The largest absolute Gasteiger partial charge is 0.382 e. The second kappa shape index (κ2) is 6.77. The number of hydrogen-bond acceptors (Lipinski definition) is 2. The fraction of sp³-hybridized carbons (Fsp3) is 0.368. The number of para-hydroxylation sites is 1. The van der Waals surface area contributed by atoms with Crippen LogP contribution in [-0.4, -0.2) is 18.8 Å². The molecule has 1 saturated heterocycles. The van der Waals surface area contributed by atoms with E-state index in [4.69, 9.17) is 4.74 Å². The van der Waals surface area contributed by atoms with Crippen LogP contribution in [-0.2, 0) is 4.74 Å². The Labute approximate surface area is 127 Å². The fourth-order valence-electron chi connectivity index (χ4n) is 2.99. The van der Waals surface area contributed by atoms with Gasteiger partial charge in [0, 0.05) is 23.9 Å². The lowest BCUT2D eigenvalue weighted by molar-refractivity contribution is 0.00926. The van der Waals surface area contributed by atoms with Crippen LogP contribution >= 0.6 is 0 Å². The van der Waals surface area contributed by atoms with Crippen molar-refractivity contribution in [2.75, 3.05) is 11.9 Å². The fourth-order valence-corrected chi connectivity index (χ4v) is 2.99. The van der Waals surface area contributed by atoms with Crippen LogP contribution in [0, 0.1) is 0 Å². The number of ether oxygens (including phenoxy) is 1. The van der Waals surface area contributed by atoms with Crippen molar-refractivity contribution in [3.63, 3.8) is 0 Å². The Bertz CT molecular complexity index is 567. The lowest BCUT2D eigenvalue weighted by Crippen LogP contribution is -2.33. The summed E-state index contributed by atoms with van der Waals surface area (Å²) in [5.74, 6) is 0. The Morgan fingerprint density at radius 2 is 1.81 bits per heavy atom. The van der Waals surface area contributed by atoms with Gasteiger partial charge < -0.3 is 10.1 Å². The van der Waals surface area contributed by atoms with Crippen molar-refractivity contribution >= 4 is 5.69 Å². The van der Waals surface area contributed by atoms with Gasteiger partial charge in [-0.15, -0.1) is 0 Å². The van der Waals surface area contributed by atoms with Gasteiger partial charge in [0.05, 0.1) is 6.10 Å². The molecule has 110 valence electrons. The second-order valence-electron chi connectivity index (χ2n) is 5.68. The summed E-state index contributed by atoms with van der Waals surface area (Å²) in [4.78, 5) is 0. The van der Waals surface area contributed by atoms with Crippen LogP contribution in [0.25, 0.3) is 11.1 Å². The SMILES string of the molecule is CCC1CC(Nc2ccccc2-c2ccccc2)CCO1. The molecule has 0 saturated carbocycles. The maximum Gasteiger partial charge on any atom is 0.0592 e. The van der Waals surface area contributed by atoms with Crippen molar-refractivity contribution in [3.05, 3.63) is 54.6 Å². The van der Waals surface area contributed by atoms with E-state index in [9.17, 15) is 0 Å². The Hall–Kier alpha value is -1.80. The molecule has 2 aromatic carbocycles. The summed E-state index contributed by atoms with van der Waals surface area (Å²) in [7, 11) is 0. The summed E-state index contributed by atoms with van der Waals surface area (Å²) >= 11 is 0. The zero-order valence-electron chi connectivity index (χ0n) is 12.6. The highest BCUT2D eigenvalue weighted by atomic mass is 16.5. The van der Waals surface area contributed by atoms with Gasteiger partial charge in [-0.05, 0) is 30.9 Å². The minimum atomic E-state index is 0.403. The van der Waals surface area contributed by atoms with Gasteiger partial charge in [0.1, 0.15) is 0 Å². The molecule has 2 aromatic rings. The monoisotopic (exact) mass is 281 g/mol. The van der Waals surface area contributed by atoms with Gasteiger partial charge in [0.25, 0.3) is 0 Å². The third kappa shape index (κ3) is 3.45. The van der Waals surface area contributed by atoms with Gasteiger partial charge in [-0.3, -0.25) is 0 Å². The Balaban J connectivity index is 1.80. The lowest BCUT2D eigenvalue weighted by Gasteiger charge is -2.30. The number of nitrogens with one attached hydrogen (secondary N) is 1. The minimum Gasteiger partial charge on any atom is -0.382 e. The normalized spacial score (nSPS) is 22.0. The average Bonchev–Trinajstić information content (AvgIpc) is 2.56. The summed E-state index contributed by atoms with van der Waals surface area (Å²) in [5.41, 5.74) is 3.77. The first-order valence-electron chi connectivity index (χ1n) is 7.89. The predicted molar refractivity (Wildman–Crippen MR) is 88.6 cm³/mol. The minimum absolute atomic E-state index is 0.403. The molecular weight excluding hydrogens is 258 g/mol. The van der Waals surface area contributed by atoms with Crippen molar-refractivity contribution < 1.29 is 4.74 Å². The highest BCUT2D eigenvalue weighted by molar-refractivity contribution is 5.77. The first-order valence-corrected chi connectivity index (χ1v) is 7.89. The van der Waals surface area contributed by atoms with Gasteiger partial charge in [-0.25, -0.2) is 0 Å². The number of benzene rings is 2. The van der Waals surface area contributed by atoms with Crippen LogP contribution < -0.4 is 5.32 Å². The van der Waals surface area contributed by atoms with E-state index in [-0.39, 0.29) is 0 Å². The Morgan fingerprint density at radius 3 is 2.62 bits per heavy atom. The molecule has 1 heterocycles. The molecule has 0 spiro atoms. The predicted octanol–water partition coefficient (Wildman–Crippen LogP) is 4.72. The van der Waals surface area contributed by atoms with E-state index in [0.29, 0.717) is 12.1 Å². The van der Waals surface area contributed by atoms with Crippen LogP contribution in [0.15, 0.2) is 54.6 Å². The van der Waals surface area contributed by atoms with Gasteiger partial charge >= 0.3 is 0 Å². The van der Waals surface area contributed by atoms with Gasteiger partial charge in [0.2, 0.25) is 0 Å². The molecule has 0 bridgehead atoms. The van der Waals surface area contributed by atoms with Gasteiger partial charge in [-0.2, -0.15) is 0 Å². The van der Waals surface area contributed by atoms with Gasteiger partial charge in [0.15, 0.2) is 0 Å². The van der Waals surface area contributed by atoms with Crippen LogP contribution in [0.1, 0.15) is 26.2 Å². The zero-order valence-corrected chi connectivity index (χ0v) is 12.6. The Kier molecular flexibility index (Phi) is 4.56. The van der Waals surface area contributed by atoms with E-state index in [1.807, 2.05) is 0 Å². The standard InChI is InChI=1S/C19H23NO/c1-2-17-14-16(12-13-21-17)20-19-11-7-6-10-18(19)15-8-4-3-5-9-15/h3-11,16-17,20H,2,12-14H2,1H3. The van der Waals surface area contributed by atoms with Crippen molar-refractivity contribution in [2.24, 2.45) is 0 Å².